The van der Waals surface area contributed by atoms with Crippen molar-refractivity contribution in [2.75, 3.05) is 42.3 Å². The SMILES string of the molecule is CCOc1cc(N2CCC(C(N)=O)CC2)ccc1Nc1ncc(Cl)c(Nc2ccccc2S(=O)(=O)NC)n1. The van der Waals surface area contributed by atoms with E-state index >= 15 is 0 Å². The molecule has 3 aromatic rings. The molecule has 0 bridgehead atoms. The molecule has 1 aliphatic rings. The van der Waals surface area contributed by atoms with Crippen molar-refractivity contribution in [3.63, 3.8) is 0 Å². The first kappa shape index (κ1) is 27.4. The van der Waals surface area contributed by atoms with Crippen LogP contribution in [0.15, 0.2) is 53.6 Å². The van der Waals surface area contributed by atoms with Crippen LogP contribution in [0.4, 0.5) is 28.8 Å². The van der Waals surface area contributed by atoms with Gasteiger partial charge in [0.25, 0.3) is 0 Å². The molecule has 202 valence electrons. The topological polar surface area (TPSA) is 152 Å². The molecule has 4 rings (SSSR count). The second kappa shape index (κ2) is 11.8. The van der Waals surface area contributed by atoms with Crippen LogP contribution in [0.5, 0.6) is 5.75 Å². The van der Waals surface area contributed by atoms with Gasteiger partial charge in [0, 0.05) is 30.8 Å². The lowest BCUT2D eigenvalue weighted by atomic mass is 9.96. The Morgan fingerprint density at radius 2 is 1.89 bits per heavy atom. The number of primary amides is 1. The maximum Gasteiger partial charge on any atom is 0.242 e. The number of nitrogens with one attached hydrogen (secondary N) is 3. The molecule has 0 atom stereocenters. The first-order valence-corrected chi connectivity index (χ1v) is 14.0. The maximum atomic E-state index is 12.4. The van der Waals surface area contributed by atoms with Crippen LogP contribution in [0.2, 0.25) is 5.02 Å². The third-order valence-corrected chi connectivity index (χ3v) is 7.97. The zero-order valence-electron chi connectivity index (χ0n) is 21.1. The van der Waals surface area contributed by atoms with Crippen molar-refractivity contribution in [1.29, 1.82) is 0 Å². The standard InChI is InChI=1S/C25H30ClN7O4S/c1-3-37-21-14-17(33-12-10-16(11-13-33)23(27)34)8-9-19(21)31-25-29-15-18(26)24(32-25)30-20-6-4-5-7-22(20)38(35,36)28-2/h4-9,14-16,28H,3,10-13H2,1-2H3,(H2,27,34)(H2,29,30,31,32). The molecule has 5 N–H and O–H groups in total. The number of para-hydroxylation sites is 1. The van der Waals surface area contributed by atoms with Crippen molar-refractivity contribution in [3.8, 4) is 5.75 Å². The minimum atomic E-state index is -3.71. The maximum absolute atomic E-state index is 12.4. The normalized spacial score (nSPS) is 14.2. The van der Waals surface area contributed by atoms with Crippen LogP contribution in [-0.4, -0.2) is 51.0 Å². The highest BCUT2D eigenvalue weighted by molar-refractivity contribution is 7.89. The van der Waals surface area contributed by atoms with Gasteiger partial charge in [-0.25, -0.2) is 18.1 Å². The van der Waals surface area contributed by atoms with E-state index in [0.717, 1.165) is 18.8 Å². The second-order valence-electron chi connectivity index (χ2n) is 8.62. The Labute approximate surface area is 226 Å². The van der Waals surface area contributed by atoms with Gasteiger partial charge in [0.15, 0.2) is 5.82 Å². The summed E-state index contributed by atoms with van der Waals surface area (Å²) in [7, 11) is -2.37. The Kier molecular flexibility index (Phi) is 8.55. The number of carbonyl (C=O) groups is 1. The molecule has 2 heterocycles. The molecule has 38 heavy (non-hydrogen) atoms. The molecule has 13 heteroatoms. The Morgan fingerprint density at radius 1 is 1.16 bits per heavy atom. The number of hydrogen-bond acceptors (Lipinski definition) is 9. The van der Waals surface area contributed by atoms with Crippen LogP contribution in [-0.2, 0) is 14.8 Å². The minimum absolute atomic E-state index is 0.0563. The van der Waals surface area contributed by atoms with E-state index < -0.39 is 10.0 Å². The molecule has 1 aromatic heterocycles. The predicted molar refractivity (Wildman–Crippen MR) is 148 cm³/mol. The number of ether oxygens (including phenoxy) is 1. The van der Waals surface area contributed by atoms with Gasteiger partial charge in [0.05, 0.1) is 24.2 Å². The number of amides is 1. The number of sulfonamides is 1. The van der Waals surface area contributed by atoms with Crippen LogP contribution in [0, 0.1) is 5.92 Å². The van der Waals surface area contributed by atoms with E-state index in [0.29, 0.717) is 36.6 Å². The summed E-state index contributed by atoms with van der Waals surface area (Å²) in [5, 5.41) is 6.38. The number of halogens is 1. The molecule has 1 fully saturated rings. The number of hydrogen-bond donors (Lipinski definition) is 4. The van der Waals surface area contributed by atoms with E-state index in [2.05, 4.69) is 30.2 Å². The first-order chi connectivity index (χ1) is 18.2. The summed E-state index contributed by atoms with van der Waals surface area (Å²) < 4.78 is 33.0. The largest absolute Gasteiger partial charge is 0.492 e. The van der Waals surface area contributed by atoms with Crippen LogP contribution in [0.3, 0.4) is 0 Å². The lowest BCUT2D eigenvalue weighted by Gasteiger charge is -2.32. The van der Waals surface area contributed by atoms with E-state index in [1.807, 2.05) is 25.1 Å². The molecule has 1 aliphatic heterocycles. The zero-order valence-corrected chi connectivity index (χ0v) is 22.6. The third-order valence-electron chi connectivity index (χ3n) is 6.22. The average Bonchev–Trinajstić information content (AvgIpc) is 2.92. The van der Waals surface area contributed by atoms with Gasteiger partial charge in [-0.1, -0.05) is 23.7 Å². The summed E-state index contributed by atoms with van der Waals surface area (Å²) in [4.78, 5) is 22.5. The number of carbonyl (C=O) groups excluding carboxylic acids is 1. The summed E-state index contributed by atoms with van der Waals surface area (Å²) >= 11 is 6.33. The molecule has 0 spiro atoms. The van der Waals surface area contributed by atoms with E-state index in [1.165, 1.54) is 19.3 Å². The lowest BCUT2D eigenvalue weighted by Crippen LogP contribution is -2.38. The minimum Gasteiger partial charge on any atom is -0.492 e. The molecule has 2 aromatic carbocycles. The fourth-order valence-corrected chi connectivity index (χ4v) is 5.21. The molecular formula is C25H30ClN7O4S. The highest BCUT2D eigenvalue weighted by atomic mass is 35.5. The fraction of sp³-hybridized carbons (Fsp3) is 0.320. The zero-order chi connectivity index (χ0) is 27.3. The van der Waals surface area contributed by atoms with Gasteiger partial charge >= 0.3 is 0 Å². The number of nitrogens with zero attached hydrogens (tertiary/aromatic N) is 3. The van der Waals surface area contributed by atoms with Gasteiger partial charge in [-0.3, -0.25) is 4.79 Å². The number of anilines is 5. The third kappa shape index (κ3) is 6.26. The fourth-order valence-electron chi connectivity index (χ4n) is 4.19. The lowest BCUT2D eigenvalue weighted by molar-refractivity contribution is -0.122. The first-order valence-electron chi connectivity index (χ1n) is 12.1. The molecule has 0 radical (unpaired) electrons. The monoisotopic (exact) mass is 559 g/mol. The average molecular weight is 560 g/mol. The van der Waals surface area contributed by atoms with Gasteiger partial charge < -0.3 is 26.0 Å². The van der Waals surface area contributed by atoms with Gasteiger partial charge in [0.2, 0.25) is 21.9 Å². The van der Waals surface area contributed by atoms with E-state index in [1.54, 1.807) is 18.2 Å². The number of aromatic nitrogens is 2. The van der Waals surface area contributed by atoms with Crippen LogP contribution in [0.25, 0.3) is 0 Å². The molecule has 11 nitrogen and oxygen atoms in total. The number of benzene rings is 2. The number of rotatable bonds is 10. The summed E-state index contributed by atoms with van der Waals surface area (Å²) in [5.41, 5.74) is 7.40. The Balaban J connectivity index is 1.56. The molecular weight excluding hydrogens is 530 g/mol. The summed E-state index contributed by atoms with van der Waals surface area (Å²) in [6, 6.07) is 12.2. The van der Waals surface area contributed by atoms with Crippen molar-refractivity contribution in [1.82, 2.24) is 14.7 Å². The molecule has 1 saturated heterocycles. The Hall–Kier alpha value is -3.61. The summed E-state index contributed by atoms with van der Waals surface area (Å²) in [6.07, 6.45) is 2.85. The Bertz CT molecular complexity index is 1410. The summed E-state index contributed by atoms with van der Waals surface area (Å²) in [6.45, 7) is 3.80. The molecule has 0 aliphatic carbocycles. The summed E-state index contributed by atoms with van der Waals surface area (Å²) in [5.74, 6) is 0.745. The van der Waals surface area contributed by atoms with Crippen LogP contribution >= 0.6 is 11.6 Å². The number of piperidine rings is 1. The van der Waals surface area contributed by atoms with Gasteiger partial charge in [-0.15, -0.1) is 0 Å². The van der Waals surface area contributed by atoms with Crippen molar-refractivity contribution < 1.29 is 17.9 Å². The predicted octanol–water partition coefficient (Wildman–Crippen LogP) is 3.63. The van der Waals surface area contributed by atoms with Crippen LogP contribution < -0.4 is 30.7 Å². The van der Waals surface area contributed by atoms with Gasteiger partial charge in [-0.2, -0.15) is 4.98 Å². The van der Waals surface area contributed by atoms with Crippen molar-refractivity contribution in [3.05, 3.63) is 53.7 Å². The van der Waals surface area contributed by atoms with Gasteiger partial charge in [-0.05, 0) is 51.1 Å². The van der Waals surface area contributed by atoms with E-state index in [9.17, 15) is 13.2 Å². The second-order valence-corrected chi connectivity index (χ2v) is 10.9. The molecule has 1 amide bonds. The van der Waals surface area contributed by atoms with E-state index in [4.69, 9.17) is 22.1 Å². The smallest absolute Gasteiger partial charge is 0.242 e. The van der Waals surface area contributed by atoms with Gasteiger partial charge in [0.1, 0.15) is 15.7 Å². The van der Waals surface area contributed by atoms with Crippen molar-refractivity contribution >= 4 is 56.4 Å². The molecule has 0 saturated carbocycles. The quantitative estimate of drug-likeness (QED) is 0.292. The van der Waals surface area contributed by atoms with E-state index in [-0.39, 0.29) is 33.5 Å². The highest BCUT2D eigenvalue weighted by Gasteiger charge is 2.24. The number of nitrogens with two attached hydrogens (primary N) is 1. The Morgan fingerprint density at radius 3 is 2.58 bits per heavy atom. The highest BCUT2D eigenvalue weighted by Crippen LogP contribution is 2.34. The molecule has 0 unspecified atom stereocenters. The van der Waals surface area contributed by atoms with Crippen LogP contribution in [0.1, 0.15) is 19.8 Å². The van der Waals surface area contributed by atoms with Crippen molar-refractivity contribution in [2.45, 2.75) is 24.7 Å². The van der Waals surface area contributed by atoms with Crippen molar-refractivity contribution in [2.24, 2.45) is 11.7 Å².